The molecule has 0 aliphatic carbocycles. The fraction of sp³-hybridized carbons (Fsp3) is 0.261. The summed E-state index contributed by atoms with van der Waals surface area (Å²) in [6.07, 6.45) is 3.56. The van der Waals surface area contributed by atoms with Crippen LogP contribution in [0.5, 0.6) is 0 Å². The van der Waals surface area contributed by atoms with Gasteiger partial charge in [-0.15, -0.1) is 0 Å². The zero-order valence-corrected chi connectivity index (χ0v) is 17.0. The number of anilines is 1. The Labute approximate surface area is 179 Å². The standard InChI is InChI=1S/C23H24FN5O2/c24-18-7-4-8-19(14-18)26-23(31)25-15-17-6-5-12-28(16-17)22(30)21-11-13-29(27-21)20-9-2-1-3-10-20/h1-4,7-11,13-14,17H,5-6,12,15-16H2,(H2,25,26,31). The van der Waals surface area contributed by atoms with Gasteiger partial charge in [-0.3, -0.25) is 4.79 Å². The van der Waals surface area contributed by atoms with Gasteiger partial charge in [-0.2, -0.15) is 5.10 Å². The molecule has 0 radical (unpaired) electrons. The number of benzene rings is 2. The van der Waals surface area contributed by atoms with Crippen molar-refractivity contribution in [3.8, 4) is 5.69 Å². The second-order valence-corrected chi connectivity index (χ2v) is 7.59. The SMILES string of the molecule is O=C(NCC1CCCN(C(=O)c2ccn(-c3ccccc3)n2)C1)Nc1cccc(F)c1. The monoisotopic (exact) mass is 421 g/mol. The number of piperidine rings is 1. The number of amides is 3. The fourth-order valence-corrected chi connectivity index (χ4v) is 3.72. The quantitative estimate of drug-likeness (QED) is 0.660. The summed E-state index contributed by atoms with van der Waals surface area (Å²) in [7, 11) is 0. The van der Waals surface area contributed by atoms with Crippen LogP contribution in [-0.4, -0.2) is 46.3 Å². The van der Waals surface area contributed by atoms with Gasteiger partial charge < -0.3 is 15.5 Å². The van der Waals surface area contributed by atoms with Crippen molar-refractivity contribution < 1.29 is 14.0 Å². The first-order valence-electron chi connectivity index (χ1n) is 10.3. The minimum atomic E-state index is -0.408. The Bertz CT molecular complexity index is 1050. The molecule has 160 valence electrons. The zero-order valence-electron chi connectivity index (χ0n) is 17.0. The number of halogens is 1. The van der Waals surface area contributed by atoms with E-state index in [-0.39, 0.29) is 11.8 Å². The van der Waals surface area contributed by atoms with Crippen molar-refractivity contribution >= 4 is 17.6 Å². The Kier molecular flexibility index (Phi) is 6.26. The molecule has 31 heavy (non-hydrogen) atoms. The normalized spacial score (nSPS) is 16.0. The molecule has 0 bridgehead atoms. The average Bonchev–Trinajstić information content (AvgIpc) is 3.28. The number of nitrogens with zero attached hydrogens (tertiary/aromatic N) is 3. The third kappa shape index (κ3) is 5.28. The molecule has 2 aromatic carbocycles. The Morgan fingerprint density at radius 1 is 1.10 bits per heavy atom. The van der Waals surface area contributed by atoms with E-state index in [4.69, 9.17) is 0 Å². The van der Waals surface area contributed by atoms with Gasteiger partial charge in [0, 0.05) is 31.5 Å². The highest BCUT2D eigenvalue weighted by Crippen LogP contribution is 2.18. The van der Waals surface area contributed by atoms with Crippen LogP contribution < -0.4 is 10.6 Å². The van der Waals surface area contributed by atoms with Crippen LogP contribution in [0, 0.1) is 11.7 Å². The number of urea groups is 1. The van der Waals surface area contributed by atoms with E-state index >= 15 is 0 Å². The van der Waals surface area contributed by atoms with Crippen LogP contribution in [-0.2, 0) is 0 Å². The predicted octanol–water partition coefficient (Wildman–Crippen LogP) is 3.69. The van der Waals surface area contributed by atoms with Gasteiger partial charge in [-0.1, -0.05) is 24.3 Å². The number of nitrogens with one attached hydrogen (secondary N) is 2. The first kappa shape index (κ1) is 20.6. The van der Waals surface area contributed by atoms with Crippen molar-refractivity contribution in [3.63, 3.8) is 0 Å². The van der Waals surface area contributed by atoms with Gasteiger partial charge >= 0.3 is 6.03 Å². The summed E-state index contributed by atoms with van der Waals surface area (Å²) < 4.78 is 14.9. The smallest absolute Gasteiger partial charge is 0.319 e. The first-order chi connectivity index (χ1) is 15.1. The van der Waals surface area contributed by atoms with E-state index in [0.29, 0.717) is 31.0 Å². The summed E-state index contributed by atoms with van der Waals surface area (Å²) in [5.41, 5.74) is 1.69. The van der Waals surface area contributed by atoms with Crippen LogP contribution in [0.1, 0.15) is 23.3 Å². The summed E-state index contributed by atoms with van der Waals surface area (Å²) in [4.78, 5) is 26.8. The minimum absolute atomic E-state index is 0.108. The second-order valence-electron chi connectivity index (χ2n) is 7.59. The number of para-hydroxylation sites is 1. The predicted molar refractivity (Wildman–Crippen MR) is 116 cm³/mol. The van der Waals surface area contributed by atoms with Gasteiger partial charge in [-0.25, -0.2) is 13.9 Å². The van der Waals surface area contributed by atoms with E-state index in [1.54, 1.807) is 27.9 Å². The average molecular weight is 421 g/mol. The molecular weight excluding hydrogens is 397 g/mol. The lowest BCUT2D eigenvalue weighted by Crippen LogP contribution is -2.44. The summed E-state index contributed by atoms with van der Waals surface area (Å²) in [6.45, 7) is 1.66. The molecule has 1 saturated heterocycles. The Morgan fingerprint density at radius 3 is 2.74 bits per heavy atom. The fourth-order valence-electron chi connectivity index (χ4n) is 3.72. The molecule has 1 atom stereocenters. The Morgan fingerprint density at radius 2 is 1.94 bits per heavy atom. The number of hydrogen-bond acceptors (Lipinski definition) is 3. The minimum Gasteiger partial charge on any atom is -0.338 e. The lowest BCUT2D eigenvalue weighted by atomic mass is 9.98. The molecule has 1 aromatic heterocycles. The van der Waals surface area contributed by atoms with Crippen molar-refractivity contribution in [2.75, 3.05) is 25.0 Å². The maximum absolute atomic E-state index is 13.2. The molecule has 2 N–H and O–H groups in total. The van der Waals surface area contributed by atoms with Gasteiger partial charge in [0.2, 0.25) is 0 Å². The maximum Gasteiger partial charge on any atom is 0.319 e. The van der Waals surface area contributed by atoms with Gasteiger partial charge in [0.15, 0.2) is 5.69 Å². The van der Waals surface area contributed by atoms with Crippen LogP contribution in [0.15, 0.2) is 66.9 Å². The van der Waals surface area contributed by atoms with Crippen LogP contribution in [0.3, 0.4) is 0 Å². The number of carbonyl (C=O) groups is 2. The topological polar surface area (TPSA) is 79.3 Å². The summed E-state index contributed by atoms with van der Waals surface area (Å²) in [5.74, 6) is -0.371. The second kappa shape index (κ2) is 9.42. The molecule has 1 aliphatic heterocycles. The molecule has 8 heteroatoms. The van der Waals surface area contributed by atoms with Crippen LogP contribution in [0.25, 0.3) is 5.69 Å². The van der Waals surface area contributed by atoms with Crippen LogP contribution >= 0.6 is 0 Å². The Hall–Kier alpha value is -3.68. The van der Waals surface area contributed by atoms with Crippen molar-refractivity contribution in [2.24, 2.45) is 5.92 Å². The van der Waals surface area contributed by atoms with Gasteiger partial charge in [0.25, 0.3) is 5.91 Å². The molecule has 0 spiro atoms. The molecule has 1 fully saturated rings. The van der Waals surface area contributed by atoms with Crippen molar-refractivity contribution in [2.45, 2.75) is 12.8 Å². The van der Waals surface area contributed by atoms with Crippen LogP contribution in [0.2, 0.25) is 0 Å². The molecule has 2 heterocycles. The molecule has 1 unspecified atom stereocenters. The molecule has 1 aliphatic rings. The molecular formula is C23H24FN5O2. The van der Waals surface area contributed by atoms with Gasteiger partial charge in [0.05, 0.1) is 5.69 Å². The highest BCUT2D eigenvalue weighted by atomic mass is 19.1. The third-order valence-electron chi connectivity index (χ3n) is 5.27. The lowest BCUT2D eigenvalue weighted by molar-refractivity contribution is 0.0668. The van der Waals surface area contributed by atoms with E-state index in [1.165, 1.54) is 18.2 Å². The van der Waals surface area contributed by atoms with Crippen LogP contribution in [0.4, 0.5) is 14.9 Å². The Balaban J connectivity index is 1.30. The number of rotatable bonds is 5. The highest BCUT2D eigenvalue weighted by Gasteiger charge is 2.26. The van der Waals surface area contributed by atoms with Gasteiger partial charge in [-0.05, 0) is 55.2 Å². The van der Waals surface area contributed by atoms with E-state index in [0.717, 1.165) is 18.5 Å². The summed E-state index contributed by atoms with van der Waals surface area (Å²) in [5, 5.41) is 9.86. The number of carbonyl (C=O) groups excluding carboxylic acids is 2. The van der Waals surface area contributed by atoms with Gasteiger partial charge in [0.1, 0.15) is 5.82 Å². The number of aromatic nitrogens is 2. The van der Waals surface area contributed by atoms with E-state index in [9.17, 15) is 14.0 Å². The number of likely N-dealkylation sites (tertiary alicyclic amines) is 1. The molecule has 4 rings (SSSR count). The van der Waals surface area contributed by atoms with Crippen molar-refractivity contribution in [3.05, 3.63) is 78.4 Å². The third-order valence-corrected chi connectivity index (χ3v) is 5.27. The van der Waals surface area contributed by atoms with E-state index in [2.05, 4.69) is 15.7 Å². The van der Waals surface area contributed by atoms with Crippen molar-refractivity contribution in [1.29, 1.82) is 0 Å². The molecule has 0 saturated carbocycles. The molecule has 3 amide bonds. The summed E-state index contributed by atoms with van der Waals surface area (Å²) in [6, 6.07) is 16.7. The lowest BCUT2D eigenvalue weighted by Gasteiger charge is -2.32. The molecule has 3 aromatic rings. The number of hydrogen-bond donors (Lipinski definition) is 2. The highest BCUT2D eigenvalue weighted by molar-refractivity contribution is 5.92. The van der Waals surface area contributed by atoms with E-state index < -0.39 is 11.8 Å². The maximum atomic E-state index is 13.2. The van der Waals surface area contributed by atoms with E-state index in [1.807, 2.05) is 30.3 Å². The molecule has 7 nitrogen and oxygen atoms in total. The largest absolute Gasteiger partial charge is 0.338 e. The zero-order chi connectivity index (χ0) is 21.6. The van der Waals surface area contributed by atoms with Crippen molar-refractivity contribution in [1.82, 2.24) is 20.0 Å². The summed E-state index contributed by atoms with van der Waals surface area (Å²) >= 11 is 0. The first-order valence-corrected chi connectivity index (χ1v) is 10.3.